The average molecular weight is 282 g/mol. The third kappa shape index (κ3) is 5.14. The lowest BCUT2D eigenvalue weighted by Gasteiger charge is -2.13. The molecule has 0 spiro atoms. The Bertz CT molecular complexity index is 449. The SMILES string of the molecule is COC(C)COc1cc(CNC(C)C)ccc1[N+](=O)[O-]. The molecule has 0 amide bonds. The van der Waals surface area contributed by atoms with Gasteiger partial charge in [-0.1, -0.05) is 19.9 Å². The van der Waals surface area contributed by atoms with Gasteiger partial charge in [0, 0.05) is 25.8 Å². The van der Waals surface area contributed by atoms with Crippen molar-refractivity contribution < 1.29 is 14.4 Å². The first-order chi connectivity index (χ1) is 9.43. The minimum absolute atomic E-state index is 0.0263. The Labute approximate surface area is 119 Å². The topological polar surface area (TPSA) is 73.6 Å². The molecule has 1 atom stereocenters. The van der Waals surface area contributed by atoms with Gasteiger partial charge in [0.1, 0.15) is 6.61 Å². The quantitative estimate of drug-likeness (QED) is 0.586. The van der Waals surface area contributed by atoms with Gasteiger partial charge < -0.3 is 14.8 Å². The summed E-state index contributed by atoms with van der Waals surface area (Å²) in [5.74, 6) is 0.280. The van der Waals surface area contributed by atoms with Crippen molar-refractivity contribution >= 4 is 5.69 Å². The maximum Gasteiger partial charge on any atom is 0.310 e. The highest BCUT2D eigenvalue weighted by Crippen LogP contribution is 2.28. The summed E-state index contributed by atoms with van der Waals surface area (Å²) >= 11 is 0. The van der Waals surface area contributed by atoms with E-state index in [1.54, 1.807) is 19.2 Å². The van der Waals surface area contributed by atoms with Crippen molar-refractivity contribution in [1.29, 1.82) is 0 Å². The molecule has 0 saturated heterocycles. The lowest BCUT2D eigenvalue weighted by molar-refractivity contribution is -0.385. The van der Waals surface area contributed by atoms with Crippen LogP contribution in [0.25, 0.3) is 0 Å². The van der Waals surface area contributed by atoms with Crippen molar-refractivity contribution in [3.8, 4) is 5.75 Å². The first-order valence-electron chi connectivity index (χ1n) is 6.60. The highest BCUT2D eigenvalue weighted by Gasteiger charge is 2.16. The van der Waals surface area contributed by atoms with Crippen LogP contribution in [0.4, 0.5) is 5.69 Å². The number of nitrogens with zero attached hydrogens (tertiary/aromatic N) is 1. The van der Waals surface area contributed by atoms with E-state index in [1.807, 2.05) is 20.8 Å². The van der Waals surface area contributed by atoms with Crippen molar-refractivity contribution in [1.82, 2.24) is 5.32 Å². The van der Waals surface area contributed by atoms with Gasteiger partial charge in [-0.3, -0.25) is 10.1 Å². The Morgan fingerprint density at radius 3 is 2.60 bits per heavy atom. The third-order valence-electron chi connectivity index (χ3n) is 2.81. The summed E-state index contributed by atoms with van der Waals surface area (Å²) in [7, 11) is 1.57. The zero-order chi connectivity index (χ0) is 15.1. The average Bonchev–Trinajstić information content (AvgIpc) is 2.42. The van der Waals surface area contributed by atoms with Gasteiger partial charge >= 0.3 is 5.69 Å². The second-order valence-corrected chi connectivity index (χ2v) is 4.95. The minimum Gasteiger partial charge on any atom is -0.484 e. The van der Waals surface area contributed by atoms with Gasteiger partial charge in [-0.15, -0.1) is 0 Å². The number of benzene rings is 1. The van der Waals surface area contributed by atoms with Crippen LogP contribution in [-0.2, 0) is 11.3 Å². The van der Waals surface area contributed by atoms with E-state index in [9.17, 15) is 10.1 Å². The van der Waals surface area contributed by atoms with E-state index in [1.165, 1.54) is 6.07 Å². The number of hydrogen-bond donors (Lipinski definition) is 1. The van der Waals surface area contributed by atoms with Crippen molar-refractivity contribution in [2.75, 3.05) is 13.7 Å². The van der Waals surface area contributed by atoms with Crippen molar-refractivity contribution in [3.63, 3.8) is 0 Å². The first kappa shape index (κ1) is 16.4. The van der Waals surface area contributed by atoms with E-state index in [-0.39, 0.29) is 24.1 Å². The Morgan fingerprint density at radius 1 is 1.35 bits per heavy atom. The second-order valence-electron chi connectivity index (χ2n) is 4.95. The predicted octanol–water partition coefficient (Wildman–Crippen LogP) is 2.51. The fourth-order valence-corrected chi connectivity index (χ4v) is 1.53. The third-order valence-corrected chi connectivity index (χ3v) is 2.81. The fourth-order valence-electron chi connectivity index (χ4n) is 1.53. The van der Waals surface area contributed by atoms with Gasteiger partial charge in [0.05, 0.1) is 11.0 Å². The minimum atomic E-state index is -0.438. The fraction of sp³-hybridized carbons (Fsp3) is 0.571. The summed E-state index contributed by atoms with van der Waals surface area (Å²) in [6, 6.07) is 5.27. The standard InChI is InChI=1S/C14H22N2O4/c1-10(2)15-8-12-5-6-13(16(17)18)14(7-12)20-9-11(3)19-4/h5-7,10-11,15H,8-9H2,1-4H3. The summed E-state index contributed by atoms with van der Waals surface area (Å²) in [6.45, 7) is 6.85. The Morgan fingerprint density at radius 2 is 2.05 bits per heavy atom. The van der Waals surface area contributed by atoms with Gasteiger partial charge in [0.15, 0.2) is 5.75 Å². The predicted molar refractivity (Wildman–Crippen MR) is 77.0 cm³/mol. The van der Waals surface area contributed by atoms with E-state index in [2.05, 4.69) is 5.32 Å². The molecule has 20 heavy (non-hydrogen) atoms. The summed E-state index contributed by atoms with van der Waals surface area (Å²) in [5.41, 5.74) is 0.922. The molecule has 1 aromatic rings. The number of methoxy groups -OCH3 is 1. The lowest BCUT2D eigenvalue weighted by atomic mass is 10.2. The smallest absolute Gasteiger partial charge is 0.310 e. The van der Waals surface area contributed by atoms with Crippen LogP contribution in [0.1, 0.15) is 26.3 Å². The van der Waals surface area contributed by atoms with Crippen LogP contribution in [0, 0.1) is 10.1 Å². The number of rotatable bonds is 8. The Kier molecular flexibility index (Phi) is 6.41. The Balaban J connectivity index is 2.85. The summed E-state index contributed by atoms with van der Waals surface area (Å²) in [4.78, 5) is 10.6. The van der Waals surface area contributed by atoms with Crippen LogP contribution in [0.3, 0.4) is 0 Å². The molecule has 0 fully saturated rings. The van der Waals surface area contributed by atoms with Gasteiger partial charge in [0.2, 0.25) is 0 Å². The largest absolute Gasteiger partial charge is 0.484 e. The molecule has 112 valence electrons. The molecule has 0 aliphatic rings. The molecule has 1 N–H and O–H groups in total. The maximum atomic E-state index is 11.0. The normalized spacial score (nSPS) is 12.4. The molecular formula is C14H22N2O4. The molecule has 6 heteroatoms. The van der Waals surface area contributed by atoms with Crippen LogP contribution < -0.4 is 10.1 Å². The number of ether oxygens (including phenoxy) is 2. The molecule has 0 heterocycles. The molecule has 0 aromatic heterocycles. The number of hydrogen-bond acceptors (Lipinski definition) is 5. The summed E-state index contributed by atoms with van der Waals surface area (Å²) in [5, 5.41) is 14.3. The van der Waals surface area contributed by atoms with Crippen molar-refractivity contribution in [3.05, 3.63) is 33.9 Å². The molecule has 0 bridgehead atoms. The van der Waals surface area contributed by atoms with Crippen molar-refractivity contribution in [2.45, 2.75) is 39.5 Å². The zero-order valence-corrected chi connectivity index (χ0v) is 12.4. The van der Waals surface area contributed by atoms with Crippen LogP contribution in [0.5, 0.6) is 5.75 Å². The molecule has 6 nitrogen and oxygen atoms in total. The molecule has 1 aromatic carbocycles. The van der Waals surface area contributed by atoms with Gasteiger partial charge in [-0.25, -0.2) is 0 Å². The van der Waals surface area contributed by atoms with E-state index < -0.39 is 4.92 Å². The molecule has 0 saturated carbocycles. The molecular weight excluding hydrogens is 260 g/mol. The number of nitrogens with one attached hydrogen (secondary N) is 1. The maximum absolute atomic E-state index is 11.0. The molecule has 0 aliphatic heterocycles. The van der Waals surface area contributed by atoms with Crippen LogP contribution >= 0.6 is 0 Å². The highest BCUT2D eigenvalue weighted by molar-refractivity contribution is 5.48. The van der Waals surface area contributed by atoms with Crippen LogP contribution in [-0.4, -0.2) is 30.8 Å². The Hall–Kier alpha value is -1.66. The molecule has 0 aliphatic carbocycles. The van der Waals surface area contributed by atoms with E-state index in [0.717, 1.165) is 5.56 Å². The van der Waals surface area contributed by atoms with Crippen LogP contribution in [0.15, 0.2) is 18.2 Å². The zero-order valence-electron chi connectivity index (χ0n) is 12.4. The van der Waals surface area contributed by atoms with E-state index in [4.69, 9.17) is 9.47 Å². The highest BCUT2D eigenvalue weighted by atomic mass is 16.6. The van der Waals surface area contributed by atoms with E-state index >= 15 is 0 Å². The molecule has 1 rings (SSSR count). The van der Waals surface area contributed by atoms with Gasteiger partial charge in [-0.05, 0) is 18.6 Å². The van der Waals surface area contributed by atoms with Gasteiger partial charge in [0.25, 0.3) is 0 Å². The molecule has 0 radical (unpaired) electrons. The van der Waals surface area contributed by atoms with E-state index in [0.29, 0.717) is 12.6 Å². The summed E-state index contributed by atoms with van der Waals surface area (Å²) < 4.78 is 10.6. The first-order valence-corrected chi connectivity index (χ1v) is 6.60. The lowest BCUT2D eigenvalue weighted by Crippen LogP contribution is -2.22. The van der Waals surface area contributed by atoms with Gasteiger partial charge in [-0.2, -0.15) is 0 Å². The van der Waals surface area contributed by atoms with Crippen LogP contribution in [0.2, 0.25) is 0 Å². The number of nitro benzene ring substituents is 1. The summed E-state index contributed by atoms with van der Waals surface area (Å²) in [6.07, 6.45) is -0.118. The number of nitro groups is 1. The van der Waals surface area contributed by atoms with Crippen molar-refractivity contribution in [2.24, 2.45) is 0 Å². The molecule has 1 unspecified atom stereocenters. The monoisotopic (exact) mass is 282 g/mol. The second kappa shape index (κ2) is 7.81.